The lowest BCUT2D eigenvalue weighted by molar-refractivity contribution is -0.128. The normalized spacial score (nSPS) is 18.7. The topological polar surface area (TPSA) is 60.0 Å². The van der Waals surface area contributed by atoms with Gasteiger partial charge in [0.25, 0.3) is 0 Å². The van der Waals surface area contributed by atoms with Gasteiger partial charge in [0.05, 0.1) is 0 Å². The van der Waals surface area contributed by atoms with Crippen LogP contribution in [0.25, 0.3) is 0 Å². The number of amides is 1. The van der Waals surface area contributed by atoms with E-state index in [-0.39, 0.29) is 36.4 Å². The van der Waals surface area contributed by atoms with Gasteiger partial charge in [-0.1, -0.05) is 19.3 Å². The molecular weight excluding hydrogens is 441 g/mol. The average molecular weight is 479 g/mol. The van der Waals surface area contributed by atoms with Crippen molar-refractivity contribution in [3.63, 3.8) is 0 Å². The standard InChI is InChI=1S/C19H37N5O.HI/c1-3-20-19(22-16-18(25)24-14-7-8-15-24)21-12-9-13-23(2)17-10-5-4-6-11-17;/h17H,3-16H2,1-2H3,(H2,20,21,22);1H. The number of aliphatic imine (C=N–C) groups is 1. The molecule has 1 aliphatic carbocycles. The zero-order chi connectivity index (χ0) is 17.9. The van der Waals surface area contributed by atoms with Crippen LogP contribution in [0.3, 0.4) is 0 Å². The molecule has 0 atom stereocenters. The van der Waals surface area contributed by atoms with E-state index < -0.39 is 0 Å². The molecule has 2 aliphatic rings. The monoisotopic (exact) mass is 479 g/mol. The number of nitrogens with zero attached hydrogens (tertiary/aromatic N) is 3. The molecule has 7 heteroatoms. The number of carbonyl (C=O) groups is 1. The maximum absolute atomic E-state index is 12.1. The summed E-state index contributed by atoms with van der Waals surface area (Å²) in [5.41, 5.74) is 0. The zero-order valence-electron chi connectivity index (χ0n) is 16.6. The minimum atomic E-state index is 0. The van der Waals surface area contributed by atoms with Crippen LogP contribution in [0.1, 0.15) is 58.3 Å². The highest BCUT2D eigenvalue weighted by molar-refractivity contribution is 14.0. The van der Waals surface area contributed by atoms with E-state index in [9.17, 15) is 4.79 Å². The Morgan fingerprint density at radius 3 is 2.46 bits per heavy atom. The van der Waals surface area contributed by atoms with Gasteiger partial charge >= 0.3 is 0 Å². The van der Waals surface area contributed by atoms with E-state index in [0.29, 0.717) is 0 Å². The molecule has 2 rings (SSSR count). The summed E-state index contributed by atoms with van der Waals surface area (Å²) < 4.78 is 0. The first-order valence-electron chi connectivity index (χ1n) is 10.2. The fourth-order valence-electron chi connectivity index (χ4n) is 3.79. The Labute approximate surface area is 176 Å². The van der Waals surface area contributed by atoms with Gasteiger partial charge in [0.2, 0.25) is 5.91 Å². The molecule has 0 radical (unpaired) electrons. The number of halogens is 1. The molecule has 2 N–H and O–H groups in total. The number of rotatable bonds is 8. The zero-order valence-corrected chi connectivity index (χ0v) is 19.0. The second kappa shape index (κ2) is 13.6. The Balaban J connectivity index is 0.00000338. The lowest BCUT2D eigenvalue weighted by atomic mass is 9.94. The molecule has 0 bridgehead atoms. The molecule has 0 aromatic rings. The molecule has 26 heavy (non-hydrogen) atoms. The summed E-state index contributed by atoms with van der Waals surface area (Å²) in [7, 11) is 2.25. The van der Waals surface area contributed by atoms with Crippen LogP contribution in [0, 0.1) is 0 Å². The van der Waals surface area contributed by atoms with Gasteiger partial charge in [-0.2, -0.15) is 0 Å². The highest BCUT2D eigenvalue weighted by Gasteiger charge is 2.18. The number of carbonyl (C=O) groups excluding carboxylic acids is 1. The molecular formula is C19H38IN5O. The van der Waals surface area contributed by atoms with Crippen molar-refractivity contribution >= 4 is 35.8 Å². The molecule has 2 fully saturated rings. The minimum absolute atomic E-state index is 0. The van der Waals surface area contributed by atoms with Crippen molar-refractivity contribution in [1.82, 2.24) is 20.4 Å². The molecule has 0 unspecified atom stereocenters. The lowest BCUT2D eigenvalue weighted by Crippen LogP contribution is -2.40. The Kier molecular flexibility index (Phi) is 12.3. The molecule has 0 spiro atoms. The van der Waals surface area contributed by atoms with E-state index in [0.717, 1.165) is 64.0 Å². The van der Waals surface area contributed by atoms with Crippen LogP contribution in [0.5, 0.6) is 0 Å². The molecule has 6 nitrogen and oxygen atoms in total. The van der Waals surface area contributed by atoms with Crippen LogP contribution in [0.15, 0.2) is 4.99 Å². The highest BCUT2D eigenvalue weighted by Crippen LogP contribution is 2.21. The van der Waals surface area contributed by atoms with Crippen molar-refractivity contribution in [3.05, 3.63) is 0 Å². The van der Waals surface area contributed by atoms with Gasteiger partial charge in [0.1, 0.15) is 6.54 Å². The summed E-state index contributed by atoms with van der Waals surface area (Å²) in [5.74, 6) is 0.905. The van der Waals surface area contributed by atoms with Gasteiger partial charge in [0, 0.05) is 32.2 Å². The lowest BCUT2D eigenvalue weighted by Gasteiger charge is -2.31. The number of hydrogen-bond donors (Lipinski definition) is 2. The van der Waals surface area contributed by atoms with E-state index in [1.807, 2.05) is 4.90 Å². The third kappa shape index (κ3) is 8.41. The quantitative estimate of drug-likeness (QED) is 0.243. The first kappa shape index (κ1) is 23.5. The summed E-state index contributed by atoms with van der Waals surface area (Å²) in [4.78, 5) is 21.0. The number of guanidine groups is 1. The predicted molar refractivity (Wildman–Crippen MR) is 119 cm³/mol. The highest BCUT2D eigenvalue weighted by atomic mass is 127. The Hall–Kier alpha value is -0.570. The summed E-state index contributed by atoms with van der Waals surface area (Å²) in [6.45, 7) is 6.90. The molecule has 1 aliphatic heterocycles. The SMILES string of the molecule is CCNC(=NCC(=O)N1CCCC1)NCCCN(C)C1CCCCC1.I. The van der Waals surface area contributed by atoms with E-state index >= 15 is 0 Å². The smallest absolute Gasteiger partial charge is 0.244 e. The number of nitrogens with one attached hydrogen (secondary N) is 2. The van der Waals surface area contributed by atoms with Crippen LogP contribution >= 0.6 is 24.0 Å². The van der Waals surface area contributed by atoms with Gasteiger partial charge in [-0.25, -0.2) is 4.99 Å². The van der Waals surface area contributed by atoms with Crippen molar-refractivity contribution in [2.24, 2.45) is 4.99 Å². The van der Waals surface area contributed by atoms with Gasteiger partial charge in [-0.05, 0) is 52.6 Å². The molecule has 1 amide bonds. The molecule has 1 saturated carbocycles. The van der Waals surface area contributed by atoms with Crippen LogP contribution < -0.4 is 10.6 Å². The third-order valence-corrected chi connectivity index (χ3v) is 5.35. The van der Waals surface area contributed by atoms with Crippen molar-refractivity contribution in [3.8, 4) is 0 Å². The minimum Gasteiger partial charge on any atom is -0.357 e. The summed E-state index contributed by atoms with van der Waals surface area (Å²) in [6.07, 6.45) is 10.2. The van der Waals surface area contributed by atoms with Crippen LogP contribution in [-0.4, -0.2) is 74.0 Å². The van der Waals surface area contributed by atoms with Gasteiger partial charge < -0.3 is 20.4 Å². The Morgan fingerprint density at radius 1 is 1.12 bits per heavy atom. The van der Waals surface area contributed by atoms with E-state index in [1.165, 1.54) is 32.1 Å². The summed E-state index contributed by atoms with van der Waals surface area (Å²) in [5, 5.41) is 6.60. The maximum atomic E-state index is 12.1. The third-order valence-electron chi connectivity index (χ3n) is 5.35. The van der Waals surface area contributed by atoms with Crippen LogP contribution in [-0.2, 0) is 4.79 Å². The fourth-order valence-corrected chi connectivity index (χ4v) is 3.79. The van der Waals surface area contributed by atoms with Crippen LogP contribution in [0.2, 0.25) is 0 Å². The first-order chi connectivity index (χ1) is 12.2. The fraction of sp³-hybridized carbons (Fsp3) is 0.895. The summed E-state index contributed by atoms with van der Waals surface area (Å²) >= 11 is 0. The van der Waals surface area contributed by atoms with E-state index in [1.54, 1.807) is 0 Å². The molecule has 152 valence electrons. The van der Waals surface area contributed by atoms with Crippen molar-refractivity contribution in [2.75, 3.05) is 46.3 Å². The molecule has 0 aromatic heterocycles. The van der Waals surface area contributed by atoms with E-state index in [2.05, 4.69) is 34.5 Å². The van der Waals surface area contributed by atoms with Crippen molar-refractivity contribution in [2.45, 2.75) is 64.3 Å². The Bertz CT molecular complexity index is 420. The largest absolute Gasteiger partial charge is 0.357 e. The maximum Gasteiger partial charge on any atom is 0.244 e. The second-order valence-corrected chi connectivity index (χ2v) is 7.34. The van der Waals surface area contributed by atoms with Gasteiger partial charge in [-0.15, -0.1) is 24.0 Å². The second-order valence-electron chi connectivity index (χ2n) is 7.34. The number of likely N-dealkylation sites (tertiary alicyclic amines) is 1. The van der Waals surface area contributed by atoms with Crippen molar-refractivity contribution < 1.29 is 4.79 Å². The Morgan fingerprint density at radius 2 is 1.81 bits per heavy atom. The predicted octanol–water partition coefficient (Wildman–Crippen LogP) is 2.44. The van der Waals surface area contributed by atoms with Crippen molar-refractivity contribution in [1.29, 1.82) is 0 Å². The van der Waals surface area contributed by atoms with Gasteiger partial charge in [0.15, 0.2) is 5.96 Å². The van der Waals surface area contributed by atoms with E-state index in [4.69, 9.17) is 0 Å². The molecule has 1 saturated heterocycles. The summed E-state index contributed by atoms with van der Waals surface area (Å²) in [6, 6.07) is 0.772. The van der Waals surface area contributed by atoms with Crippen LogP contribution in [0.4, 0.5) is 0 Å². The average Bonchev–Trinajstić information content (AvgIpc) is 3.18. The first-order valence-corrected chi connectivity index (χ1v) is 10.2. The number of hydrogen-bond acceptors (Lipinski definition) is 3. The molecule has 1 heterocycles. The molecule has 0 aromatic carbocycles. The van der Waals surface area contributed by atoms with Gasteiger partial charge in [-0.3, -0.25) is 4.79 Å².